The molecule has 8 heteroatoms. The topological polar surface area (TPSA) is 82.5 Å². The first-order valence-corrected chi connectivity index (χ1v) is 8.47. The average molecular weight is 378 g/mol. The van der Waals surface area contributed by atoms with Crippen LogP contribution >= 0.6 is 0 Å². The van der Waals surface area contributed by atoms with E-state index in [0.717, 1.165) is 5.39 Å². The summed E-state index contributed by atoms with van der Waals surface area (Å²) in [7, 11) is 0. The van der Waals surface area contributed by atoms with Gasteiger partial charge >= 0.3 is 5.63 Å². The van der Waals surface area contributed by atoms with Gasteiger partial charge in [0, 0.05) is 5.39 Å². The van der Waals surface area contributed by atoms with E-state index in [9.17, 15) is 9.18 Å². The summed E-state index contributed by atoms with van der Waals surface area (Å²) in [5.74, 6) is -0.361. The second-order valence-electron chi connectivity index (χ2n) is 6.07. The second kappa shape index (κ2) is 7.43. The van der Waals surface area contributed by atoms with Crippen LogP contribution in [0.5, 0.6) is 0 Å². The molecule has 0 amide bonds. The second-order valence-corrected chi connectivity index (χ2v) is 6.07. The predicted molar refractivity (Wildman–Crippen MR) is 101 cm³/mol. The van der Waals surface area contributed by atoms with Gasteiger partial charge in [0.15, 0.2) is 6.61 Å². The number of fused-ring (bicyclic) bond motifs is 1. The molecular formula is C20H15FN4O3. The number of rotatable bonds is 5. The Bertz CT molecular complexity index is 1230. The average Bonchev–Trinajstić information content (AvgIpc) is 3.16. The maximum atomic E-state index is 13.3. The minimum absolute atomic E-state index is 0.0472. The fourth-order valence-electron chi connectivity index (χ4n) is 2.67. The van der Waals surface area contributed by atoms with E-state index in [1.54, 1.807) is 43.5 Å². The van der Waals surface area contributed by atoms with E-state index in [4.69, 9.17) is 9.25 Å². The van der Waals surface area contributed by atoms with E-state index in [0.29, 0.717) is 28.2 Å². The maximum absolute atomic E-state index is 13.3. The van der Waals surface area contributed by atoms with Crippen LogP contribution in [0.1, 0.15) is 18.2 Å². The monoisotopic (exact) mass is 378 g/mol. The van der Waals surface area contributed by atoms with Gasteiger partial charge in [0.2, 0.25) is 0 Å². The molecule has 2 aromatic heterocycles. The van der Waals surface area contributed by atoms with Gasteiger partial charge in [0.05, 0.1) is 23.2 Å². The van der Waals surface area contributed by atoms with Crippen LogP contribution in [0.3, 0.4) is 0 Å². The summed E-state index contributed by atoms with van der Waals surface area (Å²) in [6.45, 7) is 1.70. The summed E-state index contributed by atoms with van der Waals surface area (Å²) in [5, 5.41) is 12.7. The summed E-state index contributed by atoms with van der Waals surface area (Å²) >= 11 is 0. The molecule has 28 heavy (non-hydrogen) atoms. The number of benzene rings is 2. The lowest BCUT2D eigenvalue weighted by Gasteiger charge is -2.02. The SMILES string of the molecule is CC(=NOCc1cn(-c2cccc(F)c2)nn1)c1cc2ccccc2oc1=O. The molecule has 140 valence electrons. The van der Waals surface area contributed by atoms with E-state index >= 15 is 0 Å². The van der Waals surface area contributed by atoms with Crippen molar-refractivity contribution in [1.29, 1.82) is 0 Å². The van der Waals surface area contributed by atoms with Gasteiger partial charge in [-0.25, -0.2) is 13.9 Å². The van der Waals surface area contributed by atoms with Crippen molar-refractivity contribution in [3.63, 3.8) is 0 Å². The van der Waals surface area contributed by atoms with Crippen molar-refractivity contribution < 1.29 is 13.6 Å². The van der Waals surface area contributed by atoms with Crippen molar-refractivity contribution in [2.45, 2.75) is 13.5 Å². The maximum Gasteiger partial charge on any atom is 0.345 e. The number of nitrogens with zero attached hydrogens (tertiary/aromatic N) is 4. The Hall–Kier alpha value is -3.81. The normalized spacial score (nSPS) is 11.7. The molecule has 0 spiro atoms. The number of halogens is 1. The molecule has 0 atom stereocenters. The number of hydrogen-bond donors (Lipinski definition) is 0. The van der Waals surface area contributed by atoms with E-state index in [1.165, 1.54) is 16.8 Å². The Kier molecular flexibility index (Phi) is 4.67. The van der Waals surface area contributed by atoms with Gasteiger partial charge < -0.3 is 9.25 Å². The molecule has 2 heterocycles. The molecule has 0 unspecified atom stereocenters. The van der Waals surface area contributed by atoms with Crippen LogP contribution in [0, 0.1) is 5.82 Å². The number of oxime groups is 1. The van der Waals surface area contributed by atoms with Crippen LogP contribution in [0.15, 0.2) is 75.2 Å². The quantitative estimate of drug-likeness (QED) is 0.302. The minimum Gasteiger partial charge on any atom is -0.422 e. The van der Waals surface area contributed by atoms with Gasteiger partial charge in [-0.2, -0.15) is 0 Å². The number of hydrogen-bond acceptors (Lipinski definition) is 6. The lowest BCUT2D eigenvalue weighted by Crippen LogP contribution is -2.12. The molecule has 0 fully saturated rings. The van der Waals surface area contributed by atoms with Crippen LogP contribution in [-0.2, 0) is 11.4 Å². The zero-order valence-electron chi connectivity index (χ0n) is 14.9. The molecule has 4 aromatic rings. The molecule has 0 saturated carbocycles. The van der Waals surface area contributed by atoms with Crippen LogP contribution in [-0.4, -0.2) is 20.7 Å². The van der Waals surface area contributed by atoms with E-state index in [1.807, 2.05) is 12.1 Å². The zero-order chi connectivity index (χ0) is 19.5. The summed E-state index contributed by atoms with van der Waals surface area (Å²) in [5.41, 5.74) is 1.79. The van der Waals surface area contributed by atoms with Gasteiger partial charge in [-0.05, 0) is 37.3 Å². The van der Waals surface area contributed by atoms with Gasteiger partial charge in [-0.15, -0.1) is 5.10 Å². The van der Waals surface area contributed by atoms with Crippen molar-refractivity contribution in [3.8, 4) is 5.69 Å². The van der Waals surface area contributed by atoms with Gasteiger partial charge in [0.25, 0.3) is 0 Å². The molecular weight excluding hydrogens is 363 g/mol. The Morgan fingerprint density at radius 1 is 1.21 bits per heavy atom. The lowest BCUT2D eigenvalue weighted by atomic mass is 10.1. The summed E-state index contributed by atoms with van der Waals surface area (Å²) in [6, 6.07) is 14.9. The third-order valence-electron chi connectivity index (χ3n) is 4.06. The van der Waals surface area contributed by atoms with Gasteiger partial charge in [0.1, 0.15) is 17.1 Å². The summed E-state index contributed by atoms with van der Waals surface area (Å²) in [4.78, 5) is 17.4. The molecule has 0 bridgehead atoms. The molecule has 4 rings (SSSR count). The van der Waals surface area contributed by atoms with Crippen LogP contribution in [0.25, 0.3) is 16.7 Å². The highest BCUT2D eigenvalue weighted by Gasteiger charge is 2.09. The van der Waals surface area contributed by atoms with Gasteiger partial charge in [-0.3, -0.25) is 0 Å². The Morgan fingerprint density at radius 2 is 2.07 bits per heavy atom. The minimum atomic E-state index is -0.486. The zero-order valence-corrected chi connectivity index (χ0v) is 14.9. The van der Waals surface area contributed by atoms with Crippen LogP contribution in [0.2, 0.25) is 0 Å². The molecule has 0 saturated heterocycles. The Labute approximate surface area is 158 Å². The summed E-state index contributed by atoms with van der Waals surface area (Å²) in [6.07, 6.45) is 1.62. The number of para-hydroxylation sites is 1. The van der Waals surface area contributed by atoms with E-state index in [-0.39, 0.29) is 12.4 Å². The van der Waals surface area contributed by atoms with Crippen molar-refractivity contribution in [2.24, 2.45) is 5.16 Å². The van der Waals surface area contributed by atoms with Crippen LogP contribution in [0.4, 0.5) is 4.39 Å². The molecule has 7 nitrogen and oxygen atoms in total. The van der Waals surface area contributed by atoms with Gasteiger partial charge in [-0.1, -0.05) is 34.6 Å². The highest BCUT2D eigenvalue weighted by atomic mass is 19.1. The highest BCUT2D eigenvalue weighted by Crippen LogP contribution is 2.13. The largest absolute Gasteiger partial charge is 0.422 e. The first-order valence-electron chi connectivity index (χ1n) is 8.47. The smallest absolute Gasteiger partial charge is 0.345 e. The first kappa shape index (κ1) is 17.6. The number of aromatic nitrogens is 3. The highest BCUT2D eigenvalue weighted by molar-refractivity contribution is 6.00. The van der Waals surface area contributed by atoms with E-state index < -0.39 is 5.63 Å². The first-order chi connectivity index (χ1) is 13.6. The fraction of sp³-hybridized carbons (Fsp3) is 0.100. The van der Waals surface area contributed by atoms with Crippen molar-refractivity contribution in [2.75, 3.05) is 0 Å². The third-order valence-corrected chi connectivity index (χ3v) is 4.06. The Morgan fingerprint density at radius 3 is 2.93 bits per heavy atom. The fourth-order valence-corrected chi connectivity index (χ4v) is 2.67. The molecule has 0 aliphatic rings. The van der Waals surface area contributed by atoms with E-state index in [2.05, 4.69) is 15.5 Å². The molecule has 0 aliphatic heterocycles. The van der Waals surface area contributed by atoms with Crippen molar-refractivity contribution >= 4 is 16.7 Å². The molecule has 0 N–H and O–H groups in total. The van der Waals surface area contributed by atoms with Crippen LogP contribution < -0.4 is 5.63 Å². The lowest BCUT2D eigenvalue weighted by molar-refractivity contribution is 0.127. The third kappa shape index (κ3) is 3.66. The standard InChI is InChI=1S/C20H15FN4O3/c1-13(18-9-14-5-2-3-8-19(14)28-20(18)26)23-27-12-16-11-25(24-22-16)17-7-4-6-15(21)10-17/h2-11H,12H2,1H3. The van der Waals surface area contributed by atoms with Crippen molar-refractivity contribution in [1.82, 2.24) is 15.0 Å². The molecule has 0 radical (unpaired) electrons. The van der Waals surface area contributed by atoms with Crippen molar-refractivity contribution in [3.05, 3.63) is 88.3 Å². The summed E-state index contributed by atoms with van der Waals surface area (Å²) < 4.78 is 20.0. The molecule has 0 aliphatic carbocycles. The predicted octanol–water partition coefficient (Wildman–Crippen LogP) is 3.45. The molecule has 2 aromatic carbocycles. The Balaban J connectivity index is 1.48.